The number of alkyl halides is 3. The number of benzene rings is 2. The van der Waals surface area contributed by atoms with Gasteiger partial charge in [0.1, 0.15) is 12.4 Å². The van der Waals surface area contributed by atoms with Gasteiger partial charge in [-0.25, -0.2) is 9.18 Å². The third-order valence-electron chi connectivity index (χ3n) is 4.80. The maximum Gasteiger partial charge on any atom is 0.393 e. The summed E-state index contributed by atoms with van der Waals surface area (Å²) in [6, 6.07) is 6.65. The molecule has 0 fully saturated rings. The molecule has 0 aliphatic rings. The van der Waals surface area contributed by atoms with Gasteiger partial charge in [0.2, 0.25) is 0 Å². The van der Waals surface area contributed by atoms with Gasteiger partial charge in [0, 0.05) is 16.7 Å². The van der Waals surface area contributed by atoms with Crippen LogP contribution in [-0.2, 0) is 32.2 Å². The average molecular weight is 491 g/mol. The fourth-order valence-corrected chi connectivity index (χ4v) is 3.39. The van der Waals surface area contributed by atoms with E-state index in [9.17, 15) is 22.4 Å². The molecule has 0 radical (unpaired) electrons. The van der Waals surface area contributed by atoms with E-state index in [-0.39, 0.29) is 17.9 Å². The van der Waals surface area contributed by atoms with Crippen LogP contribution >= 0.6 is 11.6 Å². The average Bonchev–Trinajstić information content (AvgIpc) is 2.75. The van der Waals surface area contributed by atoms with Crippen LogP contribution in [-0.4, -0.2) is 32.1 Å². The second kappa shape index (κ2) is 11.4. The zero-order valence-corrected chi connectivity index (χ0v) is 19.1. The van der Waals surface area contributed by atoms with Crippen LogP contribution in [0.1, 0.15) is 40.8 Å². The molecular weight excluding hydrogens is 468 g/mol. The normalized spacial score (nSPS) is 13.1. The van der Waals surface area contributed by atoms with Crippen molar-refractivity contribution in [1.29, 1.82) is 0 Å². The molecule has 0 saturated carbocycles. The lowest BCUT2D eigenvalue weighted by atomic mass is 9.97. The molecule has 1 unspecified atom stereocenters. The predicted octanol–water partition coefficient (Wildman–Crippen LogP) is 5.20. The number of nitrogens with zero attached hydrogens (tertiary/aromatic N) is 1. The summed E-state index contributed by atoms with van der Waals surface area (Å²) in [6.45, 7) is 3.06. The van der Waals surface area contributed by atoms with Gasteiger partial charge < -0.3 is 14.4 Å². The third-order valence-corrected chi connectivity index (χ3v) is 5.10. The lowest BCUT2D eigenvalue weighted by Crippen LogP contribution is -2.30. The Bertz CT molecular complexity index is 1030. The number of hydrogen-bond donors (Lipinski definition) is 1. The van der Waals surface area contributed by atoms with E-state index in [0.29, 0.717) is 11.1 Å². The van der Waals surface area contributed by atoms with Crippen LogP contribution in [0.4, 0.5) is 17.6 Å². The van der Waals surface area contributed by atoms with Crippen molar-refractivity contribution in [1.82, 2.24) is 5.48 Å². The van der Waals surface area contributed by atoms with Gasteiger partial charge in [-0.1, -0.05) is 41.0 Å². The highest BCUT2D eigenvalue weighted by molar-refractivity contribution is 6.31. The molecule has 2 aromatic rings. The first-order valence-corrected chi connectivity index (χ1v) is 10.0. The Morgan fingerprint density at radius 1 is 1.18 bits per heavy atom. The SMILES string of the molecule is CONC(C(=O)OC)c1cccc(C)c1CO/N=C(\C)c1ccc(Cl)c(F)c1CC(F)(F)F. The van der Waals surface area contributed by atoms with Crippen molar-refractivity contribution < 1.29 is 36.8 Å². The van der Waals surface area contributed by atoms with Crippen LogP contribution in [0, 0.1) is 12.7 Å². The van der Waals surface area contributed by atoms with E-state index in [1.54, 1.807) is 25.1 Å². The minimum absolute atomic E-state index is 0.0273. The highest BCUT2D eigenvalue weighted by Crippen LogP contribution is 2.30. The van der Waals surface area contributed by atoms with Gasteiger partial charge in [-0.3, -0.25) is 0 Å². The molecule has 0 aliphatic heterocycles. The van der Waals surface area contributed by atoms with E-state index < -0.39 is 41.0 Å². The molecule has 2 aromatic carbocycles. The smallest absolute Gasteiger partial charge is 0.393 e. The molecule has 11 heteroatoms. The molecule has 33 heavy (non-hydrogen) atoms. The number of hydrogen-bond acceptors (Lipinski definition) is 6. The van der Waals surface area contributed by atoms with Crippen LogP contribution in [0.15, 0.2) is 35.5 Å². The number of aryl methyl sites for hydroxylation is 1. The Balaban J connectivity index is 2.35. The molecule has 0 bridgehead atoms. The summed E-state index contributed by atoms with van der Waals surface area (Å²) in [6.07, 6.45) is -6.15. The molecular formula is C22H23ClF4N2O4. The lowest BCUT2D eigenvalue weighted by molar-refractivity contribution is -0.147. The van der Waals surface area contributed by atoms with E-state index in [1.807, 2.05) is 0 Å². The molecule has 0 amide bonds. The largest absolute Gasteiger partial charge is 0.468 e. The van der Waals surface area contributed by atoms with Crippen molar-refractivity contribution in [3.05, 3.63) is 69.0 Å². The summed E-state index contributed by atoms with van der Waals surface area (Å²) in [4.78, 5) is 22.5. The van der Waals surface area contributed by atoms with Crippen LogP contribution in [0.2, 0.25) is 5.02 Å². The fraction of sp³-hybridized carbons (Fsp3) is 0.364. The fourth-order valence-electron chi connectivity index (χ4n) is 3.21. The van der Waals surface area contributed by atoms with Gasteiger partial charge in [0.25, 0.3) is 0 Å². The molecule has 6 nitrogen and oxygen atoms in total. The number of hydroxylamine groups is 1. The van der Waals surface area contributed by atoms with Gasteiger partial charge in [-0.15, -0.1) is 0 Å². The summed E-state index contributed by atoms with van der Waals surface area (Å²) in [7, 11) is 2.58. The number of oxime groups is 1. The number of carbonyl (C=O) groups excluding carboxylic acids is 1. The highest BCUT2D eigenvalue weighted by Gasteiger charge is 2.32. The predicted molar refractivity (Wildman–Crippen MR) is 114 cm³/mol. The van der Waals surface area contributed by atoms with Crippen molar-refractivity contribution in [3.8, 4) is 0 Å². The lowest BCUT2D eigenvalue weighted by Gasteiger charge is -2.20. The molecule has 0 saturated heterocycles. The second-order valence-electron chi connectivity index (χ2n) is 7.05. The molecule has 180 valence electrons. The summed E-state index contributed by atoms with van der Waals surface area (Å²) < 4.78 is 58.0. The van der Waals surface area contributed by atoms with Crippen molar-refractivity contribution in [2.24, 2.45) is 5.16 Å². The molecule has 0 spiro atoms. The van der Waals surface area contributed by atoms with E-state index in [4.69, 9.17) is 26.0 Å². The number of carbonyl (C=O) groups is 1. The Morgan fingerprint density at radius 3 is 2.48 bits per heavy atom. The van der Waals surface area contributed by atoms with Crippen LogP contribution in [0.25, 0.3) is 0 Å². The summed E-state index contributed by atoms with van der Waals surface area (Å²) >= 11 is 5.66. The monoisotopic (exact) mass is 490 g/mol. The summed E-state index contributed by atoms with van der Waals surface area (Å²) in [5.74, 6) is -1.76. The molecule has 0 aromatic heterocycles. The number of ether oxygens (including phenoxy) is 1. The first-order chi connectivity index (χ1) is 15.5. The summed E-state index contributed by atoms with van der Waals surface area (Å²) in [5, 5.41) is 3.45. The molecule has 1 N–H and O–H groups in total. The van der Waals surface area contributed by atoms with Gasteiger partial charge in [-0.2, -0.15) is 18.7 Å². The second-order valence-corrected chi connectivity index (χ2v) is 7.46. The van der Waals surface area contributed by atoms with Crippen molar-refractivity contribution in [2.45, 2.75) is 39.1 Å². The van der Waals surface area contributed by atoms with E-state index >= 15 is 0 Å². The van der Waals surface area contributed by atoms with E-state index in [0.717, 1.165) is 11.6 Å². The van der Waals surface area contributed by atoms with Gasteiger partial charge in [0.15, 0.2) is 6.04 Å². The maximum atomic E-state index is 14.3. The number of halogens is 5. The quantitative estimate of drug-likeness (QED) is 0.226. The number of esters is 1. The Hall–Kier alpha value is -2.69. The van der Waals surface area contributed by atoms with Crippen molar-refractivity contribution in [2.75, 3.05) is 14.2 Å². The molecule has 0 heterocycles. The van der Waals surface area contributed by atoms with Crippen molar-refractivity contribution in [3.63, 3.8) is 0 Å². The van der Waals surface area contributed by atoms with Crippen LogP contribution in [0.3, 0.4) is 0 Å². The van der Waals surface area contributed by atoms with Gasteiger partial charge in [0.05, 0.1) is 31.4 Å². The highest BCUT2D eigenvalue weighted by atomic mass is 35.5. The van der Waals surface area contributed by atoms with E-state index in [1.165, 1.54) is 27.2 Å². The summed E-state index contributed by atoms with van der Waals surface area (Å²) in [5.41, 5.74) is 3.75. The molecule has 1 atom stereocenters. The Morgan fingerprint density at radius 2 is 1.88 bits per heavy atom. The zero-order valence-electron chi connectivity index (χ0n) is 18.3. The zero-order chi connectivity index (χ0) is 24.8. The van der Waals surface area contributed by atoms with Crippen LogP contribution < -0.4 is 5.48 Å². The topological polar surface area (TPSA) is 69.2 Å². The Labute approximate surface area is 193 Å². The van der Waals surface area contributed by atoms with Crippen LogP contribution in [0.5, 0.6) is 0 Å². The molecule has 2 rings (SSSR count). The number of nitrogens with one attached hydrogen (secondary N) is 1. The minimum atomic E-state index is -4.64. The maximum absolute atomic E-state index is 14.3. The number of methoxy groups -OCH3 is 1. The molecule has 0 aliphatic carbocycles. The van der Waals surface area contributed by atoms with Gasteiger partial charge >= 0.3 is 12.1 Å². The minimum Gasteiger partial charge on any atom is -0.468 e. The first-order valence-electron chi connectivity index (χ1n) is 9.65. The number of rotatable bonds is 9. The standard InChI is InChI=1S/C22H23ClF4N2O4/c1-12-6-5-7-15(20(29-32-4)21(30)31-3)17(12)11-33-28-13(2)14-8-9-18(23)19(24)16(14)10-22(25,26)27/h5-9,20,29H,10-11H2,1-4H3/b28-13+. The third kappa shape index (κ3) is 6.89. The van der Waals surface area contributed by atoms with Crippen molar-refractivity contribution >= 4 is 23.3 Å². The van der Waals surface area contributed by atoms with E-state index in [2.05, 4.69) is 10.6 Å². The first kappa shape index (κ1) is 26.6. The Kier molecular flexibility index (Phi) is 9.21. The van der Waals surface area contributed by atoms with Gasteiger partial charge in [-0.05, 0) is 31.0 Å².